The van der Waals surface area contributed by atoms with Gasteiger partial charge in [-0.3, -0.25) is 9.59 Å². The van der Waals surface area contributed by atoms with Crippen molar-refractivity contribution in [3.63, 3.8) is 0 Å². The second kappa shape index (κ2) is 4.07. The van der Waals surface area contributed by atoms with Crippen LogP contribution >= 0.6 is 0 Å². The fourth-order valence-electron chi connectivity index (χ4n) is 2.80. The zero-order chi connectivity index (χ0) is 11.9. The third kappa shape index (κ3) is 1.81. The Kier molecular flexibility index (Phi) is 2.91. The van der Waals surface area contributed by atoms with Crippen LogP contribution in [0.25, 0.3) is 0 Å². The summed E-state index contributed by atoms with van der Waals surface area (Å²) in [5.74, 6) is -1.41. The molecule has 0 aromatic heterocycles. The predicted octanol–water partition coefficient (Wildman–Crippen LogP) is 1.50. The molecule has 16 heavy (non-hydrogen) atoms. The van der Waals surface area contributed by atoms with Gasteiger partial charge in [0.25, 0.3) is 0 Å². The van der Waals surface area contributed by atoms with Gasteiger partial charge in [-0.15, -0.1) is 0 Å². The highest BCUT2D eigenvalue weighted by Gasteiger charge is 2.51. The number of carboxylic acid groups (broad SMARTS) is 1. The van der Waals surface area contributed by atoms with Crippen LogP contribution in [0, 0.1) is 11.8 Å². The zero-order valence-electron chi connectivity index (χ0n) is 9.85. The van der Waals surface area contributed by atoms with Crippen LogP contribution in [0.3, 0.4) is 0 Å². The number of aliphatic carboxylic acids is 1. The highest BCUT2D eigenvalue weighted by Crippen LogP contribution is 2.42. The van der Waals surface area contributed by atoms with Gasteiger partial charge in [0.15, 0.2) is 0 Å². The fraction of sp³-hybridized carbons (Fsp3) is 0.833. The predicted molar refractivity (Wildman–Crippen MR) is 58.9 cm³/mol. The number of carbonyl (C=O) groups excluding carboxylic acids is 1. The molecule has 2 aliphatic rings. The Balaban J connectivity index is 2.02. The first-order valence-electron chi connectivity index (χ1n) is 6.11. The molecule has 0 bridgehead atoms. The summed E-state index contributed by atoms with van der Waals surface area (Å²) in [6.45, 7) is 4.15. The fourth-order valence-corrected chi connectivity index (χ4v) is 2.80. The van der Waals surface area contributed by atoms with Crippen molar-refractivity contribution < 1.29 is 14.7 Å². The van der Waals surface area contributed by atoms with Crippen molar-refractivity contribution in [2.45, 2.75) is 51.6 Å². The molecule has 4 heteroatoms. The summed E-state index contributed by atoms with van der Waals surface area (Å²) < 4.78 is 0. The van der Waals surface area contributed by atoms with E-state index in [4.69, 9.17) is 5.11 Å². The van der Waals surface area contributed by atoms with Gasteiger partial charge in [0.1, 0.15) is 0 Å². The van der Waals surface area contributed by atoms with Crippen LogP contribution in [-0.2, 0) is 9.59 Å². The number of carbonyl (C=O) groups is 2. The van der Waals surface area contributed by atoms with Gasteiger partial charge in [-0.05, 0) is 32.6 Å². The second-order valence-corrected chi connectivity index (χ2v) is 5.02. The number of likely N-dealkylation sites (tertiary alicyclic amines) is 1. The average Bonchev–Trinajstić information content (AvgIpc) is 2.96. The van der Waals surface area contributed by atoms with Gasteiger partial charge >= 0.3 is 5.97 Å². The Morgan fingerprint density at radius 1 is 1.31 bits per heavy atom. The summed E-state index contributed by atoms with van der Waals surface area (Å²) in [6.07, 6.45) is 3.62. The van der Waals surface area contributed by atoms with Gasteiger partial charge in [0.2, 0.25) is 5.91 Å². The third-order valence-corrected chi connectivity index (χ3v) is 3.94. The summed E-state index contributed by atoms with van der Waals surface area (Å²) in [7, 11) is 0. The van der Waals surface area contributed by atoms with E-state index in [0.717, 1.165) is 19.3 Å². The Labute approximate surface area is 95.6 Å². The number of nitrogens with zero attached hydrogens (tertiary/aromatic N) is 1. The zero-order valence-corrected chi connectivity index (χ0v) is 9.85. The lowest BCUT2D eigenvalue weighted by Crippen LogP contribution is -2.41. The van der Waals surface area contributed by atoms with E-state index in [9.17, 15) is 9.59 Å². The smallest absolute Gasteiger partial charge is 0.307 e. The molecule has 1 aliphatic carbocycles. The highest BCUT2D eigenvalue weighted by molar-refractivity contribution is 5.90. The number of rotatable bonds is 3. The van der Waals surface area contributed by atoms with Crippen molar-refractivity contribution in [2.24, 2.45) is 11.8 Å². The molecule has 90 valence electrons. The molecule has 1 heterocycles. The maximum atomic E-state index is 12.2. The Bertz CT molecular complexity index is 315. The molecular formula is C12H19NO3. The van der Waals surface area contributed by atoms with E-state index >= 15 is 0 Å². The number of amides is 1. The maximum absolute atomic E-state index is 12.2. The van der Waals surface area contributed by atoms with Crippen molar-refractivity contribution in [2.75, 3.05) is 0 Å². The summed E-state index contributed by atoms with van der Waals surface area (Å²) in [5, 5.41) is 8.83. The molecule has 1 amide bonds. The lowest BCUT2D eigenvalue weighted by Gasteiger charge is -2.28. The number of hydrogen-bond acceptors (Lipinski definition) is 2. The van der Waals surface area contributed by atoms with Crippen molar-refractivity contribution in [3.8, 4) is 0 Å². The van der Waals surface area contributed by atoms with Crippen LogP contribution in [0.15, 0.2) is 0 Å². The summed E-state index contributed by atoms with van der Waals surface area (Å²) in [5.41, 5.74) is 0. The van der Waals surface area contributed by atoms with Gasteiger partial charge in [-0.1, -0.05) is 6.92 Å². The maximum Gasteiger partial charge on any atom is 0.307 e. The van der Waals surface area contributed by atoms with E-state index in [1.807, 2.05) is 4.90 Å². The van der Waals surface area contributed by atoms with Crippen molar-refractivity contribution in [1.82, 2.24) is 4.90 Å². The Hall–Kier alpha value is -1.06. The van der Waals surface area contributed by atoms with Gasteiger partial charge < -0.3 is 10.0 Å². The van der Waals surface area contributed by atoms with Gasteiger partial charge in [0, 0.05) is 12.1 Å². The number of hydrogen-bond donors (Lipinski definition) is 1. The summed E-state index contributed by atoms with van der Waals surface area (Å²) in [6, 6.07) is 0.616. The molecule has 1 N–H and O–H groups in total. The molecule has 1 saturated carbocycles. The molecule has 1 saturated heterocycles. The van der Waals surface area contributed by atoms with E-state index < -0.39 is 11.9 Å². The SMILES string of the molecule is CCC1CCC(C)N1C(=O)[C@@H]1C[C@@H]1C(=O)O. The van der Waals surface area contributed by atoms with Crippen LogP contribution in [0.1, 0.15) is 39.5 Å². The Morgan fingerprint density at radius 3 is 2.50 bits per heavy atom. The minimum Gasteiger partial charge on any atom is -0.481 e. The molecular weight excluding hydrogens is 206 g/mol. The van der Waals surface area contributed by atoms with Crippen LogP contribution in [-0.4, -0.2) is 34.0 Å². The van der Waals surface area contributed by atoms with Gasteiger partial charge in [-0.25, -0.2) is 0 Å². The summed E-state index contributed by atoms with van der Waals surface area (Å²) in [4.78, 5) is 24.9. The first-order valence-corrected chi connectivity index (χ1v) is 6.11. The van der Waals surface area contributed by atoms with E-state index in [-0.39, 0.29) is 17.9 Å². The molecule has 2 unspecified atom stereocenters. The van der Waals surface area contributed by atoms with Crippen molar-refractivity contribution in [3.05, 3.63) is 0 Å². The minimum atomic E-state index is -0.821. The quantitative estimate of drug-likeness (QED) is 0.791. The van der Waals surface area contributed by atoms with E-state index in [2.05, 4.69) is 13.8 Å². The van der Waals surface area contributed by atoms with Gasteiger partial charge in [-0.2, -0.15) is 0 Å². The average molecular weight is 225 g/mol. The molecule has 4 nitrogen and oxygen atoms in total. The van der Waals surface area contributed by atoms with Crippen LogP contribution < -0.4 is 0 Å². The summed E-state index contributed by atoms with van der Waals surface area (Å²) >= 11 is 0. The molecule has 0 radical (unpaired) electrons. The lowest BCUT2D eigenvalue weighted by atomic mass is 10.1. The van der Waals surface area contributed by atoms with Crippen LogP contribution in [0.4, 0.5) is 0 Å². The van der Waals surface area contributed by atoms with E-state index in [1.54, 1.807) is 0 Å². The van der Waals surface area contributed by atoms with Crippen LogP contribution in [0.5, 0.6) is 0 Å². The molecule has 4 atom stereocenters. The molecule has 0 aromatic rings. The van der Waals surface area contributed by atoms with E-state index in [0.29, 0.717) is 12.5 Å². The molecule has 2 fully saturated rings. The monoisotopic (exact) mass is 225 g/mol. The topological polar surface area (TPSA) is 57.6 Å². The molecule has 0 aromatic carbocycles. The first-order chi connectivity index (χ1) is 7.56. The molecule has 0 spiro atoms. The normalized spacial score (nSPS) is 37.5. The Morgan fingerprint density at radius 2 is 2.00 bits per heavy atom. The van der Waals surface area contributed by atoms with Crippen molar-refractivity contribution in [1.29, 1.82) is 0 Å². The first kappa shape index (κ1) is 11.4. The minimum absolute atomic E-state index is 0.0734. The standard InChI is InChI=1S/C12H19NO3/c1-3-8-5-4-7(2)13(8)11(14)9-6-10(9)12(15)16/h7-10H,3-6H2,1-2H3,(H,15,16)/t7?,8?,9-,10+/m1/s1. The van der Waals surface area contributed by atoms with E-state index in [1.165, 1.54) is 0 Å². The number of carboxylic acids is 1. The molecule has 2 rings (SSSR count). The van der Waals surface area contributed by atoms with Crippen molar-refractivity contribution >= 4 is 11.9 Å². The highest BCUT2D eigenvalue weighted by atomic mass is 16.4. The second-order valence-electron chi connectivity index (χ2n) is 5.02. The van der Waals surface area contributed by atoms with Gasteiger partial charge in [0.05, 0.1) is 11.8 Å². The van der Waals surface area contributed by atoms with Crippen LogP contribution in [0.2, 0.25) is 0 Å². The third-order valence-electron chi connectivity index (χ3n) is 3.94. The largest absolute Gasteiger partial charge is 0.481 e. The lowest BCUT2D eigenvalue weighted by molar-refractivity contribution is -0.142. The molecule has 1 aliphatic heterocycles.